The second kappa shape index (κ2) is 8.35. The summed E-state index contributed by atoms with van der Waals surface area (Å²) in [6.45, 7) is 6.71. The number of anilines is 1. The van der Waals surface area contributed by atoms with Gasteiger partial charge >= 0.3 is 0 Å². The van der Waals surface area contributed by atoms with E-state index in [1.54, 1.807) is 12.3 Å². The summed E-state index contributed by atoms with van der Waals surface area (Å²) in [6, 6.07) is 13.7. The van der Waals surface area contributed by atoms with E-state index in [1.165, 1.54) is 11.3 Å². The van der Waals surface area contributed by atoms with Gasteiger partial charge in [0.25, 0.3) is 5.91 Å². The highest BCUT2D eigenvalue weighted by molar-refractivity contribution is 9.10. The highest BCUT2D eigenvalue weighted by Gasteiger charge is 2.33. The zero-order chi connectivity index (χ0) is 20.3. The predicted molar refractivity (Wildman–Crippen MR) is 117 cm³/mol. The minimum atomic E-state index is -0.302. The van der Waals surface area contributed by atoms with E-state index >= 15 is 0 Å². The molecule has 1 N–H and O–H groups in total. The molecule has 1 atom stereocenters. The third-order valence-corrected chi connectivity index (χ3v) is 5.72. The van der Waals surface area contributed by atoms with Gasteiger partial charge in [-0.3, -0.25) is 4.79 Å². The molecule has 0 fully saturated rings. The van der Waals surface area contributed by atoms with Crippen molar-refractivity contribution in [2.45, 2.75) is 38.6 Å². The molecular formula is C22H26BrN3O2. The van der Waals surface area contributed by atoms with Crippen LogP contribution in [0.15, 0.2) is 52.0 Å². The fourth-order valence-electron chi connectivity index (χ4n) is 3.59. The summed E-state index contributed by atoms with van der Waals surface area (Å²) in [7, 11) is 2.14. The first-order valence-corrected chi connectivity index (χ1v) is 10.1. The predicted octanol–water partition coefficient (Wildman–Crippen LogP) is 4.70. The van der Waals surface area contributed by atoms with E-state index in [4.69, 9.17) is 4.74 Å². The Hall–Kier alpha value is -2.34. The minimum Gasteiger partial charge on any atom is -0.484 e. The SMILES string of the molecule is CC1CC(C)(C)N(C)c2ccc(/C=N\NC(=O)COc3cccc(Br)c3)cc21. The summed E-state index contributed by atoms with van der Waals surface area (Å²) in [5, 5.41) is 4.07. The molecule has 0 saturated heterocycles. The van der Waals surface area contributed by atoms with Gasteiger partial charge < -0.3 is 9.64 Å². The maximum absolute atomic E-state index is 11.9. The lowest BCUT2D eigenvalue weighted by atomic mass is 9.80. The van der Waals surface area contributed by atoms with Crippen LogP contribution in [0.1, 0.15) is 44.2 Å². The van der Waals surface area contributed by atoms with E-state index < -0.39 is 0 Å². The number of fused-ring (bicyclic) bond motifs is 1. The standard InChI is InChI=1S/C22H26BrN3O2/c1-15-12-22(2,3)26(4)20-9-8-16(10-19(15)20)13-24-25-21(27)14-28-18-7-5-6-17(23)11-18/h5-11,13,15H,12,14H2,1-4H3,(H,25,27)/b24-13-. The molecule has 5 nitrogen and oxygen atoms in total. The Labute approximate surface area is 174 Å². The van der Waals surface area contributed by atoms with Crippen molar-refractivity contribution < 1.29 is 9.53 Å². The first-order chi connectivity index (χ1) is 13.3. The van der Waals surface area contributed by atoms with Gasteiger partial charge in [0.1, 0.15) is 5.75 Å². The van der Waals surface area contributed by atoms with Crippen molar-refractivity contribution >= 4 is 33.7 Å². The van der Waals surface area contributed by atoms with Crippen LogP contribution in [0, 0.1) is 0 Å². The van der Waals surface area contributed by atoms with Gasteiger partial charge in [-0.25, -0.2) is 5.43 Å². The third kappa shape index (κ3) is 4.73. The van der Waals surface area contributed by atoms with Crippen molar-refractivity contribution in [1.82, 2.24) is 5.43 Å². The summed E-state index contributed by atoms with van der Waals surface area (Å²) in [4.78, 5) is 14.3. The molecule has 1 heterocycles. The zero-order valence-electron chi connectivity index (χ0n) is 16.7. The average molecular weight is 444 g/mol. The number of benzene rings is 2. The van der Waals surface area contributed by atoms with Gasteiger partial charge in [-0.05, 0) is 67.6 Å². The number of hydrogen-bond acceptors (Lipinski definition) is 4. The Kier molecular flexibility index (Phi) is 6.08. The van der Waals surface area contributed by atoms with Crippen molar-refractivity contribution in [2.24, 2.45) is 5.10 Å². The van der Waals surface area contributed by atoms with Crippen molar-refractivity contribution in [3.05, 3.63) is 58.1 Å². The molecule has 0 saturated carbocycles. The smallest absolute Gasteiger partial charge is 0.277 e. The van der Waals surface area contributed by atoms with Crippen LogP contribution >= 0.6 is 15.9 Å². The Morgan fingerprint density at radius 1 is 1.36 bits per heavy atom. The van der Waals surface area contributed by atoms with E-state index in [9.17, 15) is 4.79 Å². The lowest BCUT2D eigenvalue weighted by molar-refractivity contribution is -0.123. The monoisotopic (exact) mass is 443 g/mol. The Morgan fingerprint density at radius 3 is 2.89 bits per heavy atom. The molecule has 0 radical (unpaired) electrons. The highest BCUT2D eigenvalue weighted by Crippen LogP contribution is 2.42. The molecule has 0 aromatic heterocycles. The number of ether oxygens (including phenoxy) is 1. The van der Waals surface area contributed by atoms with Gasteiger partial charge in [-0.2, -0.15) is 5.10 Å². The molecule has 2 aromatic carbocycles. The van der Waals surface area contributed by atoms with Gasteiger partial charge in [-0.15, -0.1) is 0 Å². The largest absolute Gasteiger partial charge is 0.484 e. The fraction of sp³-hybridized carbons (Fsp3) is 0.364. The zero-order valence-corrected chi connectivity index (χ0v) is 18.3. The maximum atomic E-state index is 11.9. The number of carbonyl (C=O) groups is 1. The minimum absolute atomic E-state index is 0.0884. The number of rotatable bonds is 5. The Balaban J connectivity index is 1.59. The quantitative estimate of drug-likeness (QED) is 0.537. The van der Waals surface area contributed by atoms with E-state index in [-0.39, 0.29) is 18.1 Å². The topological polar surface area (TPSA) is 53.9 Å². The molecule has 6 heteroatoms. The molecular weight excluding hydrogens is 418 g/mol. The van der Waals surface area contributed by atoms with E-state index in [2.05, 4.69) is 71.3 Å². The van der Waals surface area contributed by atoms with Crippen molar-refractivity contribution in [1.29, 1.82) is 0 Å². The molecule has 0 aliphatic carbocycles. The molecule has 1 aliphatic rings. The van der Waals surface area contributed by atoms with Crippen LogP contribution in [0.4, 0.5) is 5.69 Å². The summed E-state index contributed by atoms with van der Waals surface area (Å²) < 4.78 is 6.35. The second-order valence-corrected chi connectivity index (χ2v) is 8.75. The third-order valence-electron chi connectivity index (χ3n) is 5.23. The van der Waals surface area contributed by atoms with E-state index in [0.29, 0.717) is 11.7 Å². The van der Waals surface area contributed by atoms with Gasteiger partial charge in [-0.1, -0.05) is 35.0 Å². The van der Waals surface area contributed by atoms with Crippen LogP contribution in [0.2, 0.25) is 0 Å². The first-order valence-electron chi connectivity index (χ1n) is 9.34. The van der Waals surface area contributed by atoms with Crippen LogP contribution in [-0.4, -0.2) is 31.3 Å². The number of halogens is 1. The molecule has 0 bridgehead atoms. The average Bonchev–Trinajstić information content (AvgIpc) is 2.64. The van der Waals surface area contributed by atoms with Crippen molar-refractivity contribution in [3.8, 4) is 5.75 Å². The van der Waals surface area contributed by atoms with Gasteiger partial charge in [0.15, 0.2) is 6.61 Å². The Morgan fingerprint density at radius 2 is 2.14 bits per heavy atom. The number of nitrogens with zero attached hydrogens (tertiary/aromatic N) is 2. The second-order valence-electron chi connectivity index (χ2n) is 7.83. The lowest BCUT2D eigenvalue weighted by Gasteiger charge is -2.45. The molecule has 148 valence electrons. The number of hydrazone groups is 1. The normalized spacial score (nSPS) is 18.0. The molecule has 1 aliphatic heterocycles. The molecule has 1 amide bonds. The van der Waals surface area contributed by atoms with Crippen LogP contribution in [-0.2, 0) is 4.79 Å². The number of nitrogens with one attached hydrogen (secondary N) is 1. The van der Waals surface area contributed by atoms with Gasteiger partial charge in [0, 0.05) is 22.7 Å². The number of carbonyl (C=O) groups excluding carboxylic acids is 1. The molecule has 3 rings (SSSR count). The first kappa shape index (κ1) is 20.4. The number of hydrogen-bond donors (Lipinski definition) is 1. The summed E-state index contributed by atoms with van der Waals surface area (Å²) >= 11 is 3.37. The van der Waals surface area contributed by atoms with Crippen molar-refractivity contribution in [2.75, 3.05) is 18.6 Å². The fourth-order valence-corrected chi connectivity index (χ4v) is 3.97. The summed E-state index contributed by atoms with van der Waals surface area (Å²) in [5.74, 6) is 0.802. The van der Waals surface area contributed by atoms with Crippen LogP contribution < -0.4 is 15.1 Å². The summed E-state index contributed by atoms with van der Waals surface area (Å²) in [6.07, 6.45) is 2.77. The highest BCUT2D eigenvalue weighted by atomic mass is 79.9. The van der Waals surface area contributed by atoms with Crippen LogP contribution in [0.25, 0.3) is 0 Å². The number of amides is 1. The van der Waals surface area contributed by atoms with Crippen LogP contribution in [0.3, 0.4) is 0 Å². The van der Waals surface area contributed by atoms with Crippen LogP contribution in [0.5, 0.6) is 5.75 Å². The lowest BCUT2D eigenvalue weighted by Crippen LogP contribution is -2.45. The molecule has 0 spiro atoms. The molecule has 1 unspecified atom stereocenters. The van der Waals surface area contributed by atoms with Gasteiger partial charge in [0.05, 0.1) is 6.21 Å². The molecule has 2 aromatic rings. The van der Waals surface area contributed by atoms with Crippen molar-refractivity contribution in [3.63, 3.8) is 0 Å². The van der Waals surface area contributed by atoms with E-state index in [0.717, 1.165) is 16.5 Å². The Bertz CT molecular complexity index is 895. The van der Waals surface area contributed by atoms with E-state index in [1.807, 2.05) is 24.3 Å². The molecule has 28 heavy (non-hydrogen) atoms. The van der Waals surface area contributed by atoms with Gasteiger partial charge in [0.2, 0.25) is 0 Å². The maximum Gasteiger partial charge on any atom is 0.277 e. The summed E-state index contributed by atoms with van der Waals surface area (Å²) in [5.41, 5.74) is 6.19.